The van der Waals surface area contributed by atoms with Gasteiger partial charge < -0.3 is 10.1 Å². The first-order chi connectivity index (χ1) is 18.7. The second kappa shape index (κ2) is 10.7. The molecule has 1 heterocycles. The molecule has 1 aromatic heterocycles. The van der Waals surface area contributed by atoms with E-state index >= 15 is 0 Å². The molecule has 2 amide bonds. The Morgan fingerprint density at radius 2 is 1.82 bits per heavy atom. The Bertz CT molecular complexity index is 1700. The van der Waals surface area contributed by atoms with Crippen molar-refractivity contribution in [2.45, 2.75) is 20.2 Å². The number of hydrogen-bond acceptors (Lipinski definition) is 5. The van der Waals surface area contributed by atoms with Gasteiger partial charge in [0.15, 0.2) is 0 Å². The van der Waals surface area contributed by atoms with Crippen LogP contribution in [-0.2, 0) is 0 Å². The van der Waals surface area contributed by atoms with Gasteiger partial charge in [0.05, 0.1) is 23.2 Å². The van der Waals surface area contributed by atoms with Crippen molar-refractivity contribution in [1.29, 1.82) is 0 Å². The minimum absolute atomic E-state index is 0.286. The number of benzene rings is 4. The lowest BCUT2D eigenvalue weighted by atomic mass is 10.1. The lowest BCUT2D eigenvalue weighted by molar-refractivity contribution is -0.274. The molecule has 0 saturated heterocycles. The molecule has 4 aromatic carbocycles. The molecule has 0 aliphatic heterocycles. The van der Waals surface area contributed by atoms with Gasteiger partial charge in [-0.1, -0.05) is 35.9 Å². The number of alkyl halides is 3. The molecule has 5 rings (SSSR count). The van der Waals surface area contributed by atoms with Gasteiger partial charge in [-0.3, -0.25) is 9.29 Å². The first-order valence-electron chi connectivity index (χ1n) is 11.8. The third kappa shape index (κ3) is 6.15. The van der Waals surface area contributed by atoms with Crippen LogP contribution in [0.4, 0.5) is 23.7 Å². The summed E-state index contributed by atoms with van der Waals surface area (Å²) in [5, 5.41) is 4.65. The molecule has 0 saturated carbocycles. The first kappa shape index (κ1) is 26.1. The molecule has 2 N–H and O–H groups in total. The van der Waals surface area contributed by atoms with Crippen molar-refractivity contribution in [2.24, 2.45) is 4.40 Å². The Hall–Kier alpha value is -4.51. The molecule has 0 fully saturated rings. The highest BCUT2D eigenvalue weighted by Gasteiger charge is 2.31. The number of urea groups is 1. The van der Waals surface area contributed by atoms with E-state index in [4.69, 9.17) is 0 Å². The normalized spacial score (nSPS) is 11.8. The van der Waals surface area contributed by atoms with Gasteiger partial charge in [-0.25, -0.2) is 14.2 Å². The minimum Gasteiger partial charge on any atom is -0.406 e. The smallest absolute Gasteiger partial charge is 0.406 e. The number of aromatic nitrogens is 2. The molecule has 39 heavy (non-hydrogen) atoms. The van der Waals surface area contributed by atoms with E-state index in [2.05, 4.69) is 24.2 Å². The molecule has 0 radical (unpaired) electrons. The molecule has 5 aromatic rings. The third-order valence-corrected chi connectivity index (χ3v) is 6.41. The Morgan fingerprint density at radius 3 is 2.56 bits per heavy atom. The summed E-state index contributed by atoms with van der Waals surface area (Å²) >= 11 is 0.918. The maximum absolute atomic E-state index is 12.4. The number of hydrogen-bond donors (Lipinski definition) is 2. The number of nitrogens with one attached hydrogen (secondary N) is 2. The molecular weight excluding hydrogens is 527 g/mol. The number of anilines is 1. The van der Waals surface area contributed by atoms with Crippen LogP contribution in [0.1, 0.15) is 16.7 Å². The third-order valence-electron chi connectivity index (χ3n) is 5.93. The van der Waals surface area contributed by atoms with Gasteiger partial charge in [0.25, 0.3) is 0 Å². The van der Waals surface area contributed by atoms with Crippen LogP contribution >= 0.6 is 12.1 Å². The monoisotopic (exact) mass is 549 g/mol. The molecule has 0 atom stereocenters. The molecule has 7 nitrogen and oxygen atoms in total. The molecule has 0 aliphatic rings. The van der Waals surface area contributed by atoms with Crippen molar-refractivity contribution in [3.8, 4) is 11.4 Å². The Morgan fingerprint density at radius 1 is 1.03 bits per heavy atom. The fourth-order valence-corrected chi connectivity index (χ4v) is 4.54. The fourth-order valence-electron chi connectivity index (χ4n) is 4.18. The lowest BCUT2D eigenvalue weighted by Crippen LogP contribution is -2.22. The zero-order valence-corrected chi connectivity index (χ0v) is 21.6. The Labute approximate surface area is 226 Å². The van der Waals surface area contributed by atoms with Gasteiger partial charge in [0.1, 0.15) is 12.1 Å². The van der Waals surface area contributed by atoms with Crippen LogP contribution in [0, 0.1) is 13.8 Å². The van der Waals surface area contributed by atoms with Crippen molar-refractivity contribution in [3.63, 3.8) is 0 Å². The summed E-state index contributed by atoms with van der Waals surface area (Å²) in [6.45, 7) is 3.92. The fraction of sp³-hybridized carbons (Fsp3) is 0.107. The van der Waals surface area contributed by atoms with Crippen molar-refractivity contribution in [3.05, 3.63) is 95.8 Å². The first-order valence-corrected chi connectivity index (χ1v) is 12.5. The van der Waals surface area contributed by atoms with E-state index in [9.17, 15) is 18.0 Å². The summed E-state index contributed by atoms with van der Waals surface area (Å²) in [7, 11) is 0. The van der Waals surface area contributed by atoms with Crippen LogP contribution in [0.2, 0.25) is 0 Å². The maximum Gasteiger partial charge on any atom is 0.573 e. The predicted octanol–water partition coefficient (Wildman–Crippen LogP) is 7.50. The number of rotatable bonds is 6. The van der Waals surface area contributed by atoms with Gasteiger partial charge in [0.2, 0.25) is 0 Å². The summed E-state index contributed by atoms with van der Waals surface area (Å²) in [4.78, 5) is 16.7. The van der Waals surface area contributed by atoms with E-state index in [0.717, 1.165) is 56.3 Å². The van der Waals surface area contributed by atoms with Gasteiger partial charge in [-0.05, 0) is 72.8 Å². The minimum atomic E-state index is -4.74. The predicted molar refractivity (Wildman–Crippen MR) is 149 cm³/mol. The number of imidazole rings is 1. The molecule has 198 valence electrons. The number of ether oxygens (including phenoxy) is 1. The van der Waals surface area contributed by atoms with Crippen molar-refractivity contribution in [2.75, 3.05) is 5.32 Å². The lowest BCUT2D eigenvalue weighted by Gasteiger charge is -2.10. The highest BCUT2D eigenvalue weighted by Crippen LogP contribution is 2.29. The quantitative estimate of drug-likeness (QED) is 0.170. The molecule has 11 heteroatoms. The van der Waals surface area contributed by atoms with E-state index in [1.165, 1.54) is 12.1 Å². The van der Waals surface area contributed by atoms with Crippen LogP contribution in [0.3, 0.4) is 0 Å². The highest BCUT2D eigenvalue weighted by atomic mass is 32.2. The topological polar surface area (TPSA) is 80.5 Å². The van der Waals surface area contributed by atoms with Crippen LogP contribution in [0.5, 0.6) is 5.75 Å². The van der Waals surface area contributed by atoms with Gasteiger partial charge in [0, 0.05) is 23.0 Å². The zero-order valence-electron chi connectivity index (χ0n) is 20.8. The Balaban J connectivity index is 1.26. The van der Waals surface area contributed by atoms with E-state index in [0.29, 0.717) is 5.69 Å². The number of amides is 2. The van der Waals surface area contributed by atoms with Crippen LogP contribution in [0.15, 0.2) is 83.5 Å². The molecule has 0 aliphatic carbocycles. The number of aryl methyl sites for hydroxylation is 2. The van der Waals surface area contributed by atoms with Crippen LogP contribution < -0.4 is 14.8 Å². The summed E-state index contributed by atoms with van der Waals surface area (Å²) < 4.78 is 49.9. The number of carbonyl (C=O) groups is 1. The van der Waals surface area contributed by atoms with E-state index in [-0.39, 0.29) is 11.8 Å². The van der Waals surface area contributed by atoms with Crippen LogP contribution in [-0.4, -0.2) is 28.2 Å². The van der Waals surface area contributed by atoms with Gasteiger partial charge in [-0.15, -0.1) is 13.2 Å². The Kier molecular flexibility index (Phi) is 7.16. The summed E-state index contributed by atoms with van der Waals surface area (Å²) in [5.74, 6) is -0.286. The van der Waals surface area contributed by atoms with E-state index < -0.39 is 6.36 Å². The van der Waals surface area contributed by atoms with Crippen LogP contribution in [0.25, 0.3) is 27.5 Å². The van der Waals surface area contributed by atoms with E-state index in [1.807, 2.05) is 62.4 Å². The average Bonchev–Trinajstić information content (AvgIpc) is 3.32. The standard InChI is InChI=1S/C28H22F3N5O2S/c1-17-3-11-24(18(2)13-17)34-27(37)35-39-33-15-19-4-10-23-20(14-19)5-12-25-26(23)32-16-36(25)21-6-8-22(9-7-21)38-28(29,30)31/h3-16H,1-2H3,(H2,34,35,37)/b33-15+. The van der Waals surface area contributed by atoms with Crippen molar-refractivity contribution >= 4 is 51.9 Å². The summed E-state index contributed by atoms with van der Waals surface area (Å²) in [6.07, 6.45) is -1.46. The second-order valence-corrected chi connectivity index (χ2v) is 9.37. The van der Waals surface area contributed by atoms with E-state index in [1.54, 1.807) is 29.2 Å². The maximum atomic E-state index is 12.4. The number of carbonyl (C=O) groups excluding carboxylic acids is 1. The summed E-state index contributed by atoms with van der Waals surface area (Å²) in [5.41, 5.74) is 5.89. The average molecular weight is 550 g/mol. The SMILES string of the molecule is Cc1ccc(NC(=O)NS/N=C/c2ccc3c(ccc4c3ncn4-c3ccc(OC(F)(F)F)cc3)c2)c(C)c1. The largest absolute Gasteiger partial charge is 0.573 e. The number of fused-ring (bicyclic) bond motifs is 3. The summed E-state index contributed by atoms with van der Waals surface area (Å²) in [6, 6.07) is 20.6. The van der Waals surface area contributed by atoms with Crippen molar-refractivity contribution in [1.82, 2.24) is 14.3 Å². The molecule has 0 unspecified atom stereocenters. The molecule has 0 spiro atoms. The zero-order chi connectivity index (χ0) is 27.6. The molecular formula is C28H22F3N5O2S. The van der Waals surface area contributed by atoms with Gasteiger partial charge >= 0.3 is 12.4 Å². The van der Waals surface area contributed by atoms with Crippen molar-refractivity contribution < 1.29 is 22.7 Å². The second-order valence-electron chi connectivity index (χ2n) is 8.77. The number of nitrogens with zero attached hydrogens (tertiary/aromatic N) is 3. The molecule has 0 bridgehead atoms. The highest BCUT2D eigenvalue weighted by molar-refractivity contribution is 7.96. The number of halogens is 3. The van der Waals surface area contributed by atoms with Gasteiger partial charge in [-0.2, -0.15) is 0 Å².